The molecule has 0 aromatic heterocycles. The molecule has 0 aliphatic rings. The summed E-state index contributed by atoms with van der Waals surface area (Å²) in [5, 5.41) is 3.78. The molecule has 0 amide bonds. The van der Waals surface area contributed by atoms with E-state index in [0.29, 0.717) is 11.1 Å². The van der Waals surface area contributed by atoms with E-state index in [-0.39, 0.29) is 0 Å². The maximum Gasteiger partial charge on any atom is 0.126 e. The molecule has 0 atom stereocenters. The van der Waals surface area contributed by atoms with Gasteiger partial charge in [0.25, 0.3) is 0 Å². The van der Waals surface area contributed by atoms with Crippen LogP contribution < -0.4 is 0 Å². The highest BCUT2D eigenvalue weighted by molar-refractivity contribution is 6.14. The summed E-state index contributed by atoms with van der Waals surface area (Å²) >= 11 is 0. The molecule has 0 saturated heterocycles. The molecule has 0 aliphatic carbocycles. The van der Waals surface area contributed by atoms with Crippen molar-refractivity contribution in [2.24, 2.45) is 0 Å². The van der Waals surface area contributed by atoms with E-state index < -0.39 is 23.3 Å². The summed E-state index contributed by atoms with van der Waals surface area (Å²) in [4.78, 5) is 0. The number of benzene rings is 5. The Morgan fingerprint density at radius 2 is 0.676 bits per heavy atom. The maximum absolute atomic E-state index is 13.7. The average Bonchev–Trinajstić information content (AvgIpc) is 2.80. The van der Waals surface area contributed by atoms with Crippen molar-refractivity contribution in [3.05, 3.63) is 130 Å². The monoisotopic (exact) mass is 454 g/mol. The first-order chi connectivity index (χ1) is 16.5. The SMILES string of the molecule is Fc1cc(F)cc(/C=C/c2c3ccccc3c(/C=C/c3cc(F)cc(F)c3)c3ccccc23)c1. The number of hydrogen-bond acceptors (Lipinski definition) is 0. The molecule has 5 rings (SSSR count). The second-order valence-electron chi connectivity index (χ2n) is 7.99. The van der Waals surface area contributed by atoms with E-state index in [1.165, 1.54) is 24.3 Å². The Labute approximate surface area is 194 Å². The van der Waals surface area contributed by atoms with Crippen molar-refractivity contribution in [2.45, 2.75) is 0 Å². The van der Waals surface area contributed by atoms with Crippen LogP contribution in [0.4, 0.5) is 17.6 Å². The Bertz CT molecular complexity index is 1380. The highest BCUT2D eigenvalue weighted by Gasteiger charge is 2.11. The normalized spacial score (nSPS) is 11.9. The zero-order valence-electron chi connectivity index (χ0n) is 17.9. The summed E-state index contributed by atoms with van der Waals surface area (Å²) < 4.78 is 54.6. The van der Waals surface area contributed by atoms with Crippen molar-refractivity contribution in [1.82, 2.24) is 0 Å². The lowest BCUT2D eigenvalue weighted by molar-refractivity contribution is 0.582. The topological polar surface area (TPSA) is 0 Å². The molecule has 0 unspecified atom stereocenters. The average molecular weight is 454 g/mol. The Morgan fingerprint density at radius 3 is 0.971 bits per heavy atom. The van der Waals surface area contributed by atoms with Gasteiger partial charge in [0.15, 0.2) is 0 Å². The lowest BCUT2D eigenvalue weighted by Crippen LogP contribution is -1.89. The fourth-order valence-corrected chi connectivity index (χ4v) is 4.26. The zero-order valence-corrected chi connectivity index (χ0v) is 17.9. The number of halogens is 4. The number of rotatable bonds is 4. The fourth-order valence-electron chi connectivity index (χ4n) is 4.26. The molecule has 0 spiro atoms. The van der Waals surface area contributed by atoms with Crippen LogP contribution in [-0.2, 0) is 0 Å². The van der Waals surface area contributed by atoms with Gasteiger partial charge in [-0.25, -0.2) is 17.6 Å². The third-order valence-corrected chi connectivity index (χ3v) is 5.67. The summed E-state index contributed by atoms with van der Waals surface area (Å²) in [5.74, 6) is -2.54. The van der Waals surface area contributed by atoms with Gasteiger partial charge in [-0.2, -0.15) is 0 Å². The van der Waals surface area contributed by atoms with Gasteiger partial charge in [0.1, 0.15) is 23.3 Å². The lowest BCUT2D eigenvalue weighted by atomic mass is 9.91. The van der Waals surface area contributed by atoms with Crippen LogP contribution in [0.2, 0.25) is 0 Å². The van der Waals surface area contributed by atoms with Crippen molar-refractivity contribution in [3.63, 3.8) is 0 Å². The molecular weight excluding hydrogens is 436 g/mol. The first-order valence-electron chi connectivity index (χ1n) is 10.7. The smallest absolute Gasteiger partial charge is 0.126 e. The van der Waals surface area contributed by atoms with Gasteiger partial charge in [-0.3, -0.25) is 0 Å². The van der Waals surface area contributed by atoms with Crippen LogP contribution in [0.25, 0.3) is 45.8 Å². The van der Waals surface area contributed by atoms with Gasteiger partial charge in [0, 0.05) is 12.1 Å². The number of hydrogen-bond donors (Lipinski definition) is 0. The van der Waals surface area contributed by atoms with Gasteiger partial charge in [-0.15, -0.1) is 0 Å². The summed E-state index contributed by atoms with van der Waals surface area (Å²) in [6.07, 6.45) is 7.08. The summed E-state index contributed by atoms with van der Waals surface area (Å²) in [6, 6.07) is 22.4. The van der Waals surface area contributed by atoms with Crippen molar-refractivity contribution < 1.29 is 17.6 Å². The van der Waals surface area contributed by atoms with E-state index in [2.05, 4.69) is 0 Å². The summed E-state index contributed by atoms with van der Waals surface area (Å²) in [5.41, 5.74) is 2.65. The molecular formula is C30H18F4. The quantitative estimate of drug-likeness (QED) is 0.144. The molecule has 0 bridgehead atoms. The molecule has 0 heterocycles. The molecule has 0 saturated carbocycles. The van der Waals surface area contributed by atoms with E-state index in [1.807, 2.05) is 60.7 Å². The molecule has 0 nitrogen and oxygen atoms in total. The van der Waals surface area contributed by atoms with Crippen LogP contribution in [0.1, 0.15) is 22.3 Å². The Balaban J connectivity index is 1.71. The molecule has 5 aromatic rings. The van der Waals surface area contributed by atoms with Crippen LogP contribution in [-0.4, -0.2) is 0 Å². The van der Waals surface area contributed by atoms with E-state index >= 15 is 0 Å². The second-order valence-corrected chi connectivity index (χ2v) is 7.99. The molecule has 5 aromatic carbocycles. The lowest BCUT2D eigenvalue weighted by Gasteiger charge is -2.13. The summed E-state index contributed by atoms with van der Waals surface area (Å²) in [7, 11) is 0. The molecule has 0 aliphatic heterocycles. The predicted molar refractivity (Wildman–Crippen MR) is 132 cm³/mol. The summed E-state index contributed by atoms with van der Waals surface area (Å²) in [6.45, 7) is 0. The molecule has 0 fully saturated rings. The Morgan fingerprint density at radius 1 is 0.382 bits per heavy atom. The minimum Gasteiger partial charge on any atom is -0.207 e. The third-order valence-electron chi connectivity index (χ3n) is 5.67. The van der Waals surface area contributed by atoms with Crippen molar-refractivity contribution in [3.8, 4) is 0 Å². The van der Waals surface area contributed by atoms with E-state index in [4.69, 9.17) is 0 Å². The van der Waals surface area contributed by atoms with Crippen LogP contribution in [0, 0.1) is 23.3 Å². The van der Waals surface area contributed by atoms with Crippen LogP contribution >= 0.6 is 0 Å². The molecule has 166 valence electrons. The minimum atomic E-state index is -0.636. The van der Waals surface area contributed by atoms with E-state index in [0.717, 1.165) is 44.8 Å². The van der Waals surface area contributed by atoms with Gasteiger partial charge in [0.2, 0.25) is 0 Å². The van der Waals surface area contributed by atoms with Crippen molar-refractivity contribution in [1.29, 1.82) is 0 Å². The van der Waals surface area contributed by atoms with Crippen LogP contribution in [0.5, 0.6) is 0 Å². The predicted octanol–water partition coefficient (Wildman–Crippen LogP) is 8.89. The molecule has 0 N–H and O–H groups in total. The third kappa shape index (κ3) is 4.35. The Kier molecular flexibility index (Phi) is 5.72. The molecule has 34 heavy (non-hydrogen) atoms. The fraction of sp³-hybridized carbons (Fsp3) is 0. The second kappa shape index (κ2) is 8.99. The van der Waals surface area contributed by atoms with Gasteiger partial charge < -0.3 is 0 Å². The van der Waals surface area contributed by atoms with E-state index in [9.17, 15) is 17.6 Å². The molecule has 4 heteroatoms. The molecule has 0 radical (unpaired) electrons. The highest BCUT2D eigenvalue weighted by atomic mass is 19.1. The van der Waals surface area contributed by atoms with Gasteiger partial charge >= 0.3 is 0 Å². The Hall–Kier alpha value is -4.18. The van der Waals surface area contributed by atoms with E-state index in [1.54, 1.807) is 12.2 Å². The zero-order chi connectivity index (χ0) is 23.7. The van der Waals surface area contributed by atoms with Crippen molar-refractivity contribution in [2.75, 3.05) is 0 Å². The van der Waals surface area contributed by atoms with Gasteiger partial charge in [-0.05, 0) is 68.1 Å². The first-order valence-corrected chi connectivity index (χ1v) is 10.7. The number of fused-ring (bicyclic) bond motifs is 2. The standard InChI is InChI=1S/C30H18F4/c31-21-13-19(14-22(32)17-21)9-11-29-25-5-1-2-6-26(25)30(28-8-4-3-7-27(28)29)12-10-20-15-23(33)18-24(34)16-20/h1-18H/b11-9+,12-10+. The first kappa shape index (κ1) is 21.7. The van der Waals surface area contributed by atoms with Crippen molar-refractivity contribution >= 4 is 45.8 Å². The van der Waals surface area contributed by atoms with Crippen LogP contribution in [0.15, 0.2) is 84.9 Å². The highest BCUT2D eigenvalue weighted by Crippen LogP contribution is 2.35. The maximum atomic E-state index is 13.7. The van der Waals surface area contributed by atoms with Crippen LogP contribution in [0.3, 0.4) is 0 Å². The van der Waals surface area contributed by atoms with Gasteiger partial charge in [-0.1, -0.05) is 72.8 Å². The minimum absolute atomic E-state index is 0.419. The van der Waals surface area contributed by atoms with Gasteiger partial charge in [0.05, 0.1) is 0 Å². The largest absolute Gasteiger partial charge is 0.207 e.